The van der Waals surface area contributed by atoms with Crippen LogP contribution in [0.1, 0.15) is 0 Å². The normalized spacial score (nSPS) is 9.93. The average molecular weight is 202 g/mol. The van der Waals surface area contributed by atoms with Crippen molar-refractivity contribution in [3.8, 4) is 11.3 Å². The lowest BCUT2D eigenvalue weighted by molar-refractivity contribution is 0.316. The fourth-order valence-electron chi connectivity index (χ4n) is 1.28. The number of aromatic nitrogens is 2. The molecule has 3 N–H and O–H groups in total. The monoisotopic (exact) mass is 202 g/mol. The van der Waals surface area contributed by atoms with E-state index in [0.717, 1.165) is 22.7 Å². The molecule has 0 amide bonds. The summed E-state index contributed by atoms with van der Waals surface area (Å²) in [7, 11) is 0. The predicted molar refractivity (Wildman–Crippen MR) is 57.1 cm³/mol. The van der Waals surface area contributed by atoms with Gasteiger partial charge in [-0.15, -0.1) is 0 Å². The quantitative estimate of drug-likeness (QED) is 0.404. The summed E-state index contributed by atoms with van der Waals surface area (Å²) in [5.41, 5.74) is 2.45. The van der Waals surface area contributed by atoms with Crippen molar-refractivity contribution >= 4 is 12.0 Å². The van der Waals surface area contributed by atoms with E-state index in [4.69, 9.17) is 5.41 Å². The Morgan fingerprint density at radius 3 is 2.60 bits per heavy atom. The van der Waals surface area contributed by atoms with Gasteiger partial charge in [0.2, 0.25) is 0 Å². The number of aromatic amines is 1. The minimum Gasteiger partial charge on any atom is -0.345 e. The highest BCUT2D eigenvalue weighted by atomic mass is 16.5. The van der Waals surface area contributed by atoms with Gasteiger partial charge in [-0.3, -0.25) is 10.6 Å². The van der Waals surface area contributed by atoms with Gasteiger partial charge in [-0.25, -0.2) is 10.0 Å². The van der Waals surface area contributed by atoms with Gasteiger partial charge in [0.25, 0.3) is 0 Å². The number of H-pyrrole nitrogens is 1. The number of anilines is 1. The second-order valence-corrected chi connectivity index (χ2v) is 2.99. The van der Waals surface area contributed by atoms with E-state index in [1.165, 1.54) is 0 Å². The van der Waals surface area contributed by atoms with Gasteiger partial charge < -0.3 is 4.98 Å². The van der Waals surface area contributed by atoms with E-state index < -0.39 is 0 Å². The molecule has 0 aliphatic heterocycles. The van der Waals surface area contributed by atoms with Crippen LogP contribution in [0.3, 0.4) is 0 Å². The highest BCUT2D eigenvalue weighted by molar-refractivity contribution is 5.75. The van der Waals surface area contributed by atoms with Crippen LogP contribution in [0, 0.1) is 5.41 Å². The molecule has 0 aliphatic carbocycles. The van der Waals surface area contributed by atoms with Gasteiger partial charge >= 0.3 is 0 Å². The van der Waals surface area contributed by atoms with Crippen molar-refractivity contribution in [2.24, 2.45) is 0 Å². The van der Waals surface area contributed by atoms with Gasteiger partial charge in [-0.05, 0) is 17.7 Å². The first-order valence-electron chi connectivity index (χ1n) is 4.39. The molecule has 0 saturated heterocycles. The smallest absolute Gasteiger partial charge is 0.113 e. The number of hydroxylamine groups is 1. The number of imidazole rings is 1. The Hall–Kier alpha value is -2.14. The van der Waals surface area contributed by atoms with Gasteiger partial charge in [-0.2, -0.15) is 0 Å². The second-order valence-electron chi connectivity index (χ2n) is 2.99. The van der Waals surface area contributed by atoms with Crippen molar-refractivity contribution in [1.82, 2.24) is 9.97 Å². The van der Waals surface area contributed by atoms with Gasteiger partial charge in [0.1, 0.15) is 6.34 Å². The molecular weight excluding hydrogens is 192 g/mol. The molecule has 1 heterocycles. The van der Waals surface area contributed by atoms with E-state index in [0.29, 0.717) is 5.69 Å². The number of hydrogen-bond donors (Lipinski definition) is 3. The fraction of sp³-hybridized carbons (Fsp3) is 0. The van der Waals surface area contributed by atoms with Gasteiger partial charge in [-0.1, -0.05) is 12.1 Å². The van der Waals surface area contributed by atoms with Crippen molar-refractivity contribution in [2.75, 3.05) is 5.06 Å². The van der Waals surface area contributed by atoms with Crippen LogP contribution in [0.2, 0.25) is 0 Å². The molecule has 5 heteroatoms. The van der Waals surface area contributed by atoms with Gasteiger partial charge in [0.05, 0.1) is 23.9 Å². The van der Waals surface area contributed by atoms with Gasteiger partial charge in [0.15, 0.2) is 0 Å². The zero-order valence-corrected chi connectivity index (χ0v) is 7.88. The summed E-state index contributed by atoms with van der Waals surface area (Å²) in [6, 6.07) is 7.13. The van der Waals surface area contributed by atoms with Crippen molar-refractivity contribution in [3.05, 3.63) is 36.8 Å². The van der Waals surface area contributed by atoms with E-state index in [1.807, 2.05) is 12.1 Å². The third-order valence-electron chi connectivity index (χ3n) is 2.06. The SMILES string of the molecule is N=CN(O)c1ccc(-c2cnc[nH]2)cc1. The van der Waals surface area contributed by atoms with Crippen LogP contribution >= 0.6 is 0 Å². The topological polar surface area (TPSA) is 76.0 Å². The molecule has 0 aliphatic rings. The van der Waals surface area contributed by atoms with E-state index >= 15 is 0 Å². The number of rotatable bonds is 3. The Kier molecular flexibility index (Phi) is 2.47. The molecule has 0 bridgehead atoms. The lowest BCUT2D eigenvalue weighted by Gasteiger charge is -2.09. The zero-order valence-electron chi connectivity index (χ0n) is 7.88. The summed E-state index contributed by atoms with van der Waals surface area (Å²) in [5, 5.41) is 16.8. The van der Waals surface area contributed by atoms with Crippen LogP contribution in [-0.4, -0.2) is 21.5 Å². The van der Waals surface area contributed by atoms with Crippen LogP contribution in [0.5, 0.6) is 0 Å². The Morgan fingerprint density at radius 1 is 1.33 bits per heavy atom. The molecule has 0 fully saturated rings. The van der Waals surface area contributed by atoms with E-state index in [-0.39, 0.29) is 0 Å². The molecular formula is C10H10N4O. The maximum Gasteiger partial charge on any atom is 0.113 e. The number of nitrogens with zero attached hydrogens (tertiary/aromatic N) is 2. The average Bonchev–Trinajstić information content (AvgIpc) is 2.82. The Morgan fingerprint density at radius 2 is 2.07 bits per heavy atom. The maximum atomic E-state index is 9.22. The van der Waals surface area contributed by atoms with Crippen molar-refractivity contribution in [1.29, 1.82) is 5.41 Å². The predicted octanol–water partition coefficient (Wildman–Crippen LogP) is 1.88. The van der Waals surface area contributed by atoms with Crippen LogP contribution < -0.4 is 5.06 Å². The lowest BCUT2D eigenvalue weighted by atomic mass is 10.1. The Bertz CT molecular complexity index is 435. The lowest BCUT2D eigenvalue weighted by Crippen LogP contribution is -2.13. The molecule has 76 valence electrons. The highest BCUT2D eigenvalue weighted by Gasteiger charge is 2.01. The first-order valence-corrected chi connectivity index (χ1v) is 4.39. The first kappa shape index (κ1) is 9.42. The second kappa shape index (κ2) is 3.93. The summed E-state index contributed by atoms with van der Waals surface area (Å²) < 4.78 is 0. The summed E-state index contributed by atoms with van der Waals surface area (Å²) in [4.78, 5) is 6.90. The summed E-state index contributed by atoms with van der Waals surface area (Å²) in [5.74, 6) is 0. The molecule has 1 aromatic carbocycles. The summed E-state index contributed by atoms with van der Waals surface area (Å²) >= 11 is 0. The van der Waals surface area contributed by atoms with Crippen molar-refractivity contribution in [2.45, 2.75) is 0 Å². The molecule has 1 aromatic heterocycles. The third kappa shape index (κ3) is 1.87. The Balaban J connectivity index is 2.28. The van der Waals surface area contributed by atoms with E-state index in [2.05, 4.69) is 9.97 Å². The van der Waals surface area contributed by atoms with Crippen molar-refractivity contribution < 1.29 is 5.21 Å². The molecule has 0 unspecified atom stereocenters. The molecule has 0 saturated carbocycles. The van der Waals surface area contributed by atoms with E-state index in [9.17, 15) is 5.21 Å². The third-order valence-corrected chi connectivity index (χ3v) is 2.06. The van der Waals surface area contributed by atoms with Crippen LogP contribution in [-0.2, 0) is 0 Å². The summed E-state index contributed by atoms with van der Waals surface area (Å²) in [6.45, 7) is 0. The minimum atomic E-state index is 0.549. The zero-order chi connectivity index (χ0) is 10.7. The molecule has 15 heavy (non-hydrogen) atoms. The highest BCUT2D eigenvalue weighted by Crippen LogP contribution is 2.19. The number of benzene rings is 1. The molecule has 5 nitrogen and oxygen atoms in total. The van der Waals surface area contributed by atoms with Crippen LogP contribution in [0.15, 0.2) is 36.8 Å². The van der Waals surface area contributed by atoms with Crippen LogP contribution in [0.4, 0.5) is 5.69 Å². The molecule has 0 spiro atoms. The molecule has 0 atom stereocenters. The largest absolute Gasteiger partial charge is 0.345 e. The van der Waals surface area contributed by atoms with Gasteiger partial charge in [0, 0.05) is 0 Å². The summed E-state index contributed by atoms with van der Waals surface area (Å²) in [6.07, 6.45) is 4.17. The molecule has 0 radical (unpaired) electrons. The minimum absolute atomic E-state index is 0.549. The molecule has 2 aromatic rings. The van der Waals surface area contributed by atoms with Crippen molar-refractivity contribution in [3.63, 3.8) is 0 Å². The molecule has 2 rings (SSSR count). The standard InChI is InChI=1S/C10H10N4O/c11-6-14(15)9-3-1-8(2-4-9)10-5-12-7-13-10/h1-7,11,15H,(H,12,13). The number of nitrogens with one attached hydrogen (secondary N) is 2. The number of hydrogen-bond acceptors (Lipinski definition) is 3. The Labute approximate surface area is 86.5 Å². The maximum absolute atomic E-state index is 9.22. The van der Waals surface area contributed by atoms with E-state index in [1.54, 1.807) is 24.7 Å². The van der Waals surface area contributed by atoms with Crippen LogP contribution in [0.25, 0.3) is 11.3 Å². The first-order chi connectivity index (χ1) is 7.31. The fourth-order valence-corrected chi connectivity index (χ4v) is 1.28.